The normalized spacial score (nSPS) is 10.6. The maximum Gasteiger partial charge on any atom is 0.193 e. The maximum atomic E-state index is 12.8. The van der Waals surface area contributed by atoms with Crippen molar-refractivity contribution in [1.82, 2.24) is 0 Å². The second-order valence-electron chi connectivity index (χ2n) is 6.66. The van der Waals surface area contributed by atoms with Crippen LogP contribution in [0.4, 0.5) is 11.4 Å². The van der Waals surface area contributed by atoms with E-state index in [9.17, 15) is 4.79 Å². The Labute approximate surface area is 164 Å². The molecule has 0 unspecified atom stereocenters. The van der Waals surface area contributed by atoms with Crippen LogP contribution in [0.15, 0.2) is 97.1 Å². The lowest BCUT2D eigenvalue weighted by Gasteiger charge is -2.08. The molecule has 4 aromatic rings. The zero-order valence-corrected chi connectivity index (χ0v) is 15.3. The smallest absolute Gasteiger partial charge is 0.193 e. The highest BCUT2D eigenvalue weighted by Crippen LogP contribution is 2.28. The van der Waals surface area contributed by atoms with Gasteiger partial charge in [0.05, 0.1) is 0 Å². The van der Waals surface area contributed by atoms with Crippen molar-refractivity contribution in [1.29, 1.82) is 0 Å². The molecule has 3 nitrogen and oxygen atoms in total. The summed E-state index contributed by atoms with van der Waals surface area (Å²) < 4.78 is 0. The molecular formula is C25H20N2O. The number of carbonyl (C=O) groups is 1. The molecule has 0 saturated heterocycles. The highest BCUT2D eigenvalue weighted by molar-refractivity contribution is 6.09. The quantitative estimate of drug-likeness (QED) is 0.375. The second kappa shape index (κ2) is 7.41. The van der Waals surface area contributed by atoms with Crippen molar-refractivity contribution >= 4 is 17.2 Å². The van der Waals surface area contributed by atoms with Crippen LogP contribution in [-0.4, -0.2) is 5.78 Å². The number of para-hydroxylation sites is 2. The van der Waals surface area contributed by atoms with Gasteiger partial charge in [-0.3, -0.25) is 4.79 Å². The molecule has 4 aromatic carbocycles. The minimum atomic E-state index is -0.0137. The summed E-state index contributed by atoms with van der Waals surface area (Å²) in [7, 11) is 0. The maximum absolute atomic E-state index is 12.8. The van der Waals surface area contributed by atoms with Crippen LogP contribution >= 0.6 is 0 Å². The first-order valence-electron chi connectivity index (χ1n) is 9.08. The van der Waals surface area contributed by atoms with Gasteiger partial charge in [0, 0.05) is 33.6 Å². The minimum absolute atomic E-state index is 0.0137. The van der Waals surface area contributed by atoms with E-state index in [2.05, 4.69) is 0 Å². The van der Waals surface area contributed by atoms with Gasteiger partial charge in [-0.2, -0.15) is 0 Å². The van der Waals surface area contributed by atoms with E-state index in [-0.39, 0.29) is 5.78 Å². The molecule has 0 aromatic heterocycles. The Bertz CT molecular complexity index is 1040. The Kier molecular flexibility index (Phi) is 4.65. The monoisotopic (exact) mass is 364 g/mol. The van der Waals surface area contributed by atoms with E-state index in [1.165, 1.54) is 0 Å². The lowest BCUT2D eigenvalue weighted by atomic mass is 9.97. The molecular weight excluding hydrogens is 344 g/mol. The molecule has 0 aliphatic carbocycles. The van der Waals surface area contributed by atoms with Crippen LogP contribution in [0.25, 0.3) is 22.3 Å². The summed E-state index contributed by atoms with van der Waals surface area (Å²) in [4.78, 5) is 12.8. The van der Waals surface area contributed by atoms with Gasteiger partial charge in [-0.25, -0.2) is 0 Å². The van der Waals surface area contributed by atoms with E-state index in [0.29, 0.717) is 11.1 Å². The highest BCUT2D eigenvalue weighted by Gasteiger charge is 2.11. The highest BCUT2D eigenvalue weighted by atomic mass is 16.1. The summed E-state index contributed by atoms with van der Waals surface area (Å²) in [5.41, 5.74) is 18.7. The molecule has 0 heterocycles. The minimum Gasteiger partial charge on any atom is -0.398 e. The van der Waals surface area contributed by atoms with Crippen molar-refractivity contribution in [2.75, 3.05) is 11.5 Å². The van der Waals surface area contributed by atoms with Gasteiger partial charge in [0.2, 0.25) is 0 Å². The first-order valence-corrected chi connectivity index (χ1v) is 9.08. The molecule has 136 valence electrons. The number of anilines is 2. The summed E-state index contributed by atoms with van der Waals surface area (Å²) in [6.07, 6.45) is 0. The average Bonchev–Trinajstić information content (AvgIpc) is 2.74. The van der Waals surface area contributed by atoms with E-state index in [0.717, 1.165) is 33.6 Å². The van der Waals surface area contributed by atoms with Crippen LogP contribution in [0.5, 0.6) is 0 Å². The molecule has 0 fully saturated rings. The van der Waals surface area contributed by atoms with E-state index < -0.39 is 0 Å². The van der Waals surface area contributed by atoms with Crippen LogP contribution in [0.3, 0.4) is 0 Å². The Hall–Kier alpha value is -3.85. The molecule has 0 aliphatic rings. The van der Waals surface area contributed by atoms with Crippen molar-refractivity contribution in [3.05, 3.63) is 108 Å². The fourth-order valence-corrected chi connectivity index (χ4v) is 3.29. The standard InChI is InChI=1S/C25H20N2O/c26-23-7-3-1-5-21(23)17-9-13-19(14-10-17)25(28)20-15-11-18(12-16-20)22-6-2-4-8-24(22)27/h1-16H,26-27H2. The fourth-order valence-electron chi connectivity index (χ4n) is 3.29. The Morgan fingerprint density at radius 1 is 0.500 bits per heavy atom. The largest absolute Gasteiger partial charge is 0.398 e. The van der Waals surface area contributed by atoms with Gasteiger partial charge in [-0.1, -0.05) is 84.9 Å². The predicted octanol–water partition coefficient (Wildman–Crippen LogP) is 5.42. The average molecular weight is 364 g/mol. The summed E-state index contributed by atoms with van der Waals surface area (Å²) in [6.45, 7) is 0. The number of nitrogen functional groups attached to an aromatic ring is 2. The van der Waals surface area contributed by atoms with Crippen molar-refractivity contribution in [3.8, 4) is 22.3 Å². The number of benzene rings is 4. The zero-order chi connectivity index (χ0) is 19.5. The SMILES string of the molecule is Nc1ccccc1-c1ccc(C(=O)c2ccc(-c3ccccc3N)cc2)cc1. The van der Waals surface area contributed by atoms with Gasteiger partial charge in [0.25, 0.3) is 0 Å². The topological polar surface area (TPSA) is 69.1 Å². The number of hydrogen-bond donors (Lipinski definition) is 2. The summed E-state index contributed by atoms with van der Waals surface area (Å²) in [6, 6.07) is 30.5. The number of ketones is 1. The summed E-state index contributed by atoms with van der Waals surface area (Å²) >= 11 is 0. The molecule has 0 saturated carbocycles. The molecule has 0 spiro atoms. The molecule has 0 amide bonds. The van der Waals surface area contributed by atoms with Crippen molar-refractivity contribution in [2.45, 2.75) is 0 Å². The number of nitrogens with two attached hydrogens (primary N) is 2. The molecule has 4 rings (SSSR count). The van der Waals surface area contributed by atoms with Crippen LogP contribution in [0, 0.1) is 0 Å². The van der Waals surface area contributed by atoms with Crippen LogP contribution in [0.1, 0.15) is 15.9 Å². The van der Waals surface area contributed by atoms with Crippen molar-refractivity contribution in [2.24, 2.45) is 0 Å². The van der Waals surface area contributed by atoms with Gasteiger partial charge in [0.15, 0.2) is 5.78 Å². The van der Waals surface area contributed by atoms with Crippen LogP contribution < -0.4 is 11.5 Å². The number of rotatable bonds is 4. The molecule has 0 bridgehead atoms. The lowest BCUT2D eigenvalue weighted by Crippen LogP contribution is -2.01. The Morgan fingerprint density at radius 3 is 1.21 bits per heavy atom. The number of carbonyl (C=O) groups excluding carboxylic acids is 1. The summed E-state index contributed by atoms with van der Waals surface area (Å²) in [5.74, 6) is -0.0137. The zero-order valence-electron chi connectivity index (χ0n) is 15.3. The Balaban J connectivity index is 1.58. The molecule has 0 radical (unpaired) electrons. The Morgan fingerprint density at radius 2 is 0.857 bits per heavy atom. The van der Waals surface area contributed by atoms with Gasteiger partial charge in [-0.05, 0) is 23.3 Å². The van der Waals surface area contributed by atoms with Crippen LogP contribution in [0.2, 0.25) is 0 Å². The molecule has 28 heavy (non-hydrogen) atoms. The molecule has 0 atom stereocenters. The van der Waals surface area contributed by atoms with Crippen LogP contribution in [-0.2, 0) is 0 Å². The number of hydrogen-bond acceptors (Lipinski definition) is 3. The predicted molar refractivity (Wildman–Crippen MR) is 116 cm³/mol. The van der Waals surface area contributed by atoms with Crippen molar-refractivity contribution < 1.29 is 4.79 Å². The second-order valence-corrected chi connectivity index (χ2v) is 6.66. The molecule has 4 N–H and O–H groups in total. The lowest BCUT2D eigenvalue weighted by molar-refractivity contribution is 0.103. The molecule has 0 aliphatic heterocycles. The van der Waals surface area contributed by atoms with Crippen molar-refractivity contribution in [3.63, 3.8) is 0 Å². The van der Waals surface area contributed by atoms with Gasteiger partial charge in [-0.15, -0.1) is 0 Å². The first kappa shape index (κ1) is 17.6. The van der Waals surface area contributed by atoms with Gasteiger partial charge >= 0.3 is 0 Å². The van der Waals surface area contributed by atoms with Gasteiger partial charge < -0.3 is 11.5 Å². The summed E-state index contributed by atoms with van der Waals surface area (Å²) in [5, 5.41) is 0. The van der Waals surface area contributed by atoms with E-state index in [1.807, 2.05) is 97.1 Å². The van der Waals surface area contributed by atoms with E-state index in [4.69, 9.17) is 11.5 Å². The third-order valence-electron chi connectivity index (χ3n) is 4.84. The van der Waals surface area contributed by atoms with E-state index in [1.54, 1.807) is 0 Å². The van der Waals surface area contributed by atoms with E-state index >= 15 is 0 Å². The third-order valence-corrected chi connectivity index (χ3v) is 4.84. The third kappa shape index (κ3) is 3.38. The van der Waals surface area contributed by atoms with Gasteiger partial charge in [0.1, 0.15) is 0 Å². The first-order chi connectivity index (χ1) is 13.6. The molecule has 3 heteroatoms. The fraction of sp³-hybridized carbons (Fsp3) is 0.